The molecule has 2 heterocycles. The van der Waals surface area contributed by atoms with Crippen molar-refractivity contribution in [3.05, 3.63) is 30.4 Å². The first-order chi connectivity index (χ1) is 8.70. The molecule has 0 spiro atoms. The molecule has 2 aromatic heterocycles. The van der Waals surface area contributed by atoms with Crippen LogP contribution in [0, 0.1) is 6.92 Å². The largest absolute Gasteiger partial charge is 0.476 e. The lowest BCUT2D eigenvalue weighted by Crippen LogP contribution is -2.03. The van der Waals surface area contributed by atoms with Gasteiger partial charge in [-0.1, -0.05) is 0 Å². The number of hydrogen-bond donors (Lipinski definition) is 1. The van der Waals surface area contributed by atoms with Gasteiger partial charge in [-0.15, -0.1) is 0 Å². The lowest BCUT2D eigenvalue weighted by atomic mass is 10.4. The molecule has 0 aromatic carbocycles. The lowest BCUT2D eigenvalue weighted by Gasteiger charge is -2.09. The number of nitrogen functional groups attached to an aromatic ring is 1. The van der Waals surface area contributed by atoms with Crippen LogP contribution in [0.5, 0.6) is 17.5 Å². The normalized spacial score (nSPS) is 10.1. The van der Waals surface area contributed by atoms with E-state index in [-0.39, 0.29) is 11.6 Å². The number of ether oxygens (including phenoxy) is 2. The van der Waals surface area contributed by atoms with Gasteiger partial charge in [-0.05, 0) is 26.0 Å². The Morgan fingerprint density at radius 1 is 1.17 bits per heavy atom. The highest BCUT2D eigenvalue weighted by Crippen LogP contribution is 2.30. The van der Waals surface area contributed by atoms with E-state index in [0.717, 1.165) is 5.69 Å². The molecule has 2 aromatic rings. The van der Waals surface area contributed by atoms with Crippen molar-refractivity contribution in [2.75, 3.05) is 12.3 Å². The van der Waals surface area contributed by atoms with Crippen molar-refractivity contribution in [3.63, 3.8) is 0 Å². The van der Waals surface area contributed by atoms with Gasteiger partial charge >= 0.3 is 0 Å². The molecule has 18 heavy (non-hydrogen) atoms. The summed E-state index contributed by atoms with van der Waals surface area (Å²) in [5.74, 6) is 1.15. The molecule has 0 atom stereocenters. The Kier molecular flexibility index (Phi) is 3.57. The van der Waals surface area contributed by atoms with Crippen molar-refractivity contribution in [3.8, 4) is 17.5 Å². The van der Waals surface area contributed by atoms with Crippen LogP contribution in [0.15, 0.2) is 24.7 Å². The first kappa shape index (κ1) is 12.1. The van der Waals surface area contributed by atoms with Gasteiger partial charge in [0.05, 0.1) is 12.8 Å². The topological polar surface area (TPSA) is 83.2 Å². The average Bonchev–Trinajstić information content (AvgIpc) is 2.37. The Balaban J connectivity index is 2.23. The summed E-state index contributed by atoms with van der Waals surface area (Å²) >= 11 is 0. The minimum atomic E-state index is 0.263. The summed E-state index contributed by atoms with van der Waals surface area (Å²) in [6.45, 7) is 4.23. The fourth-order valence-corrected chi connectivity index (χ4v) is 1.32. The lowest BCUT2D eigenvalue weighted by molar-refractivity contribution is 0.325. The highest BCUT2D eigenvalue weighted by atomic mass is 16.5. The maximum absolute atomic E-state index is 5.85. The van der Waals surface area contributed by atoms with Crippen LogP contribution < -0.4 is 15.2 Å². The average molecular weight is 246 g/mol. The third-order valence-electron chi connectivity index (χ3n) is 2.19. The molecule has 0 fully saturated rings. The predicted molar refractivity (Wildman–Crippen MR) is 66.7 cm³/mol. The Hall–Kier alpha value is -2.37. The molecule has 6 nitrogen and oxygen atoms in total. The maximum atomic E-state index is 5.85. The zero-order valence-electron chi connectivity index (χ0n) is 10.3. The van der Waals surface area contributed by atoms with Crippen LogP contribution in [0.2, 0.25) is 0 Å². The van der Waals surface area contributed by atoms with Crippen molar-refractivity contribution >= 4 is 5.69 Å². The van der Waals surface area contributed by atoms with Crippen LogP contribution in [0.25, 0.3) is 0 Å². The monoisotopic (exact) mass is 246 g/mol. The zero-order valence-corrected chi connectivity index (χ0v) is 10.3. The van der Waals surface area contributed by atoms with E-state index in [1.54, 1.807) is 12.3 Å². The fourth-order valence-electron chi connectivity index (χ4n) is 1.32. The summed E-state index contributed by atoms with van der Waals surface area (Å²) in [7, 11) is 0. The predicted octanol–water partition coefficient (Wildman–Crippen LogP) is 1.95. The van der Waals surface area contributed by atoms with E-state index in [0.29, 0.717) is 18.2 Å². The molecular formula is C12H14N4O2. The first-order valence-corrected chi connectivity index (χ1v) is 5.54. The number of aromatic nitrogens is 3. The Morgan fingerprint density at radius 3 is 2.61 bits per heavy atom. The van der Waals surface area contributed by atoms with Crippen molar-refractivity contribution < 1.29 is 9.47 Å². The van der Waals surface area contributed by atoms with Crippen LogP contribution in [0.4, 0.5) is 5.69 Å². The standard InChI is InChI=1S/C12H14N4O2/c1-3-17-11-10(13)12(16-7-15-11)18-9-5-4-8(2)14-6-9/h4-7H,3,13H2,1-2H3. The van der Waals surface area contributed by atoms with Gasteiger partial charge < -0.3 is 15.2 Å². The molecule has 2 rings (SSSR count). The van der Waals surface area contributed by atoms with Crippen LogP contribution in [-0.2, 0) is 0 Å². The molecule has 0 saturated heterocycles. The molecule has 0 bridgehead atoms. The Morgan fingerprint density at radius 2 is 1.94 bits per heavy atom. The van der Waals surface area contributed by atoms with Gasteiger partial charge in [-0.25, -0.2) is 0 Å². The van der Waals surface area contributed by atoms with E-state index in [1.807, 2.05) is 19.9 Å². The van der Waals surface area contributed by atoms with Crippen molar-refractivity contribution in [2.24, 2.45) is 0 Å². The van der Waals surface area contributed by atoms with E-state index in [9.17, 15) is 0 Å². The molecule has 0 aliphatic rings. The minimum absolute atomic E-state index is 0.263. The van der Waals surface area contributed by atoms with E-state index >= 15 is 0 Å². The van der Waals surface area contributed by atoms with Gasteiger partial charge in [0.25, 0.3) is 0 Å². The summed E-state index contributed by atoms with van der Waals surface area (Å²) < 4.78 is 10.8. The number of anilines is 1. The Labute approximate surface area is 105 Å². The molecule has 0 unspecified atom stereocenters. The number of rotatable bonds is 4. The highest BCUT2D eigenvalue weighted by molar-refractivity contribution is 5.56. The van der Waals surface area contributed by atoms with Gasteiger partial charge in [0.2, 0.25) is 11.8 Å². The molecule has 6 heteroatoms. The number of aryl methyl sites for hydroxylation is 1. The third-order valence-corrected chi connectivity index (χ3v) is 2.19. The van der Waals surface area contributed by atoms with E-state index in [4.69, 9.17) is 15.2 Å². The molecule has 2 N–H and O–H groups in total. The van der Waals surface area contributed by atoms with Gasteiger partial charge in [0, 0.05) is 5.69 Å². The third kappa shape index (κ3) is 2.65. The summed E-state index contributed by atoms with van der Waals surface area (Å²) in [5, 5.41) is 0. The van der Waals surface area contributed by atoms with E-state index < -0.39 is 0 Å². The van der Waals surface area contributed by atoms with Crippen LogP contribution >= 0.6 is 0 Å². The number of nitrogens with two attached hydrogens (primary N) is 1. The van der Waals surface area contributed by atoms with Crippen LogP contribution in [-0.4, -0.2) is 21.6 Å². The molecule has 0 radical (unpaired) electrons. The molecule has 0 aliphatic carbocycles. The minimum Gasteiger partial charge on any atom is -0.476 e. The summed E-state index contributed by atoms with van der Waals surface area (Å²) in [4.78, 5) is 12.0. The van der Waals surface area contributed by atoms with Gasteiger partial charge in [0.1, 0.15) is 12.1 Å². The summed E-state index contributed by atoms with van der Waals surface area (Å²) in [6.07, 6.45) is 2.95. The second-order valence-corrected chi connectivity index (χ2v) is 3.57. The van der Waals surface area contributed by atoms with Gasteiger partial charge in [0.15, 0.2) is 5.69 Å². The smallest absolute Gasteiger partial charge is 0.249 e. The van der Waals surface area contributed by atoms with Crippen LogP contribution in [0.3, 0.4) is 0 Å². The highest BCUT2D eigenvalue weighted by Gasteiger charge is 2.11. The van der Waals surface area contributed by atoms with Crippen molar-refractivity contribution in [1.82, 2.24) is 15.0 Å². The molecule has 94 valence electrons. The summed E-state index contributed by atoms with van der Waals surface area (Å²) in [5.41, 5.74) is 7.04. The van der Waals surface area contributed by atoms with E-state index in [1.165, 1.54) is 6.33 Å². The number of pyridine rings is 1. The maximum Gasteiger partial charge on any atom is 0.249 e. The van der Waals surface area contributed by atoms with Crippen molar-refractivity contribution in [2.45, 2.75) is 13.8 Å². The second-order valence-electron chi connectivity index (χ2n) is 3.57. The Bertz CT molecular complexity index is 528. The molecule has 0 aliphatic heterocycles. The second kappa shape index (κ2) is 5.31. The number of nitrogens with zero attached hydrogens (tertiary/aromatic N) is 3. The molecular weight excluding hydrogens is 232 g/mol. The SMILES string of the molecule is CCOc1ncnc(Oc2ccc(C)nc2)c1N. The summed E-state index contributed by atoms with van der Waals surface area (Å²) in [6, 6.07) is 3.64. The quantitative estimate of drug-likeness (QED) is 0.887. The first-order valence-electron chi connectivity index (χ1n) is 5.54. The van der Waals surface area contributed by atoms with Gasteiger partial charge in [-0.3, -0.25) is 4.98 Å². The molecule has 0 saturated carbocycles. The number of hydrogen-bond acceptors (Lipinski definition) is 6. The van der Waals surface area contributed by atoms with E-state index in [2.05, 4.69) is 15.0 Å². The fraction of sp³-hybridized carbons (Fsp3) is 0.250. The van der Waals surface area contributed by atoms with Crippen LogP contribution in [0.1, 0.15) is 12.6 Å². The zero-order chi connectivity index (χ0) is 13.0. The molecule has 0 amide bonds. The van der Waals surface area contributed by atoms with Crippen molar-refractivity contribution in [1.29, 1.82) is 0 Å². The van der Waals surface area contributed by atoms with Gasteiger partial charge in [-0.2, -0.15) is 9.97 Å².